The van der Waals surface area contributed by atoms with E-state index in [-0.39, 0.29) is 71.4 Å². The second-order valence-electron chi connectivity index (χ2n) is 34.0. The fraction of sp³-hybridized carbons (Fsp3) is 0.451. The molecule has 0 fully saturated rings. The van der Waals surface area contributed by atoms with Crippen LogP contribution in [0.3, 0.4) is 0 Å². The first-order chi connectivity index (χ1) is 64.2. The van der Waals surface area contributed by atoms with Gasteiger partial charge in [0.05, 0.1) is 82.1 Å². The highest BCUT2D eigenvalue weighted by Crippen LogP contribution is 2.30. The highest BCUT2D eigenvalue weighted by Gasteiger charge is 2.39. The number of para-hydroxylation sites is 1. The fourth-order valence-electron chi connectivity index (χ4n) is 16.3. The number of fused-ring (bicyclic) bond motifs is 1. The number of nitrogens with one attached hydrogen (secondary N) is 2. The summed E-state index contributed by atoms with van der Waals surface area (Å²) in [6.07, 6.45) is 6.94. The smallest absolute Gasteiger partial charge is 0.243 e. The first kappa shape index (κ1) is 106. The first-order valence-corrected chi connectivity index (χ1v) is 46.7. The monoisotopic (exact) mass is 1820 g/mol. The van der Waals surface area contributed by atoms with Crippen LogP contribution in [-0.2, 0) is 64.0 Å². The zero-order chi connectivity index (χ0) is 96.1. The number of nitrogens with two attached hydrogens (primary N) is 6. The van der Waals surface area contributed by atoms with Gasteiger partial charge in [-0.25, -0.2) is 0 Å². The third-order valence-corrected chi connectivity index (χ3v) is 24.6. The molecule has 31 nitrogen and oxygen atoms in total. The van der Waals surface area contributed by atoms with E-state index in [0.717, 1.165) is 22.0 Å². The van der Waals surface area contributed by atoms with Crippen molar-refractivity contribution in [2.75, 3.05) is 151 Å². The number of rotatable bonds is 59. The predicted octanol–water partition coefficient (Wildman–Crippen LogP) is 8.16. The molecule has 0 spiro atoms. The molecule has 0 bridgehead atoms. The van der Waals surface area contributed by atoms with Crippen LogP contribution in [0.15, 0.2) is 212 Å². The van der Waals surface area contributed by atoms with Gasteiger partial charge in [0.15, 0.2) is 0 Å². The van der Waals surface area contributed by atoms with Gasteiger partial charge in [0.1, 0.15) is 32.7 Å². The van der Waals surface area contributed by atoms with Crippen molar-refractivity contribution in [2.24, 2.45) is 34.4 Å². The van der Waals surface area contributed by atoms with Gasteiger partial charge in [-0.3, -0.25) is 57.5 Å². The van der Waals surface area contributed by atoms with E-state index in [1.54, 1.807) is 83.1 Å². The van der Waals surface area contributed by atoms with Gasteiger partial charge < -0.3 is 98.6 Å². The van der Waals surface area contributed by atoms with Gasteiger partial charge in [0.2, 0.25) is 70.9 Å². The van der Waals surface area contributed by atoms with Crippen molar-refractivity contribution in [3.8, 4) is 0 Å². The molecule has 0 aliphatic rings. The van der Waals surface area contributed by atoms with Crippen molar-refractivity contribution in [2.45, 2.75) is 148 Å². The van der Waals surface area contributed by atoms with E-state index in [1.807, 2.05) is 171 Å². The van der Waals surface area contributed by atoms with Crippen LogP contribution in [0.1, 0.15) is 181 Å². The molecule has 6 atom stereocenters. The number of unbranched alkanes of at least 4 members (excludes halogenated alkanes) is 5. The van der Waals surface area contributed by atoms with Crippen molar-refractivity contribution >= 4 is 81.8 Å². The van der Waals surface area contributed by atoms with E-state index in [2.05, 4.69) is 10.3 Å². The maximum atomic E-state index is 16.0. The molecule has 716 valence electrons. The molecule has 133 heavy (non-hydrogen) atoms. The van der Waals surface area contributed by atoms with E-state index < -0.39 is 167 Å². The van der Waals surface area contributed by atoms with Gasteiger partial charge in [0.25, 0.3) is 0 Å². The van der Waals surface area contributed by atoms with E-state index in [1.165, 1.54) is 53.9 Å². The highest BCUT2D eigenvalue weighted by molar-refractivity contribution is 5.96. The first-order valence-electron chi connectivity index (χ1n) is 46.7. The predicted molar refractivity (Wildman–Crippen MR) is 518 cm³/mol. The molecule has 14 N–H and O–H groups in total. The van der Waals surface area contributed by atoms with Crippen LogP contribution < -0.4 is 39.7 Å². The number of hydrogen-bond donors (Lipinski definition) is 8. The maximum absolute atomic E-state index is 16.0. The van der Waals surface area contributed by atoms with Crippen molar-refractivity contribution in [1.82, 2.24) is 64.2 Å². The Kier molecular flexibility index (Phi) is 44.9. The molecular formula is C102H141N19O12. The summed E-state index contributed by atoms with van der Waals surface area (Å²) in [7, 11) is 0. The number of nitrogens with zero attached hydrogens (tertiary/aromatic N) is 11. The summed E-state index contributed by atoms with van der Waals surface area (Å²) in [5.74, 6) is -7.23. The van der Waals surface area contributed by atoms with E-state index in [0.29, 0.717) is 118 Å². The van der Waals surface area contributed by atoms with Crippen LogP contribution in [0, 0.1) is 0 Å². The van der Waals surface area contributed by atoms with Gasteiger partial charge >= 0.3 is 0 Å². The molecule has 0 saturated heterocycles. The van der Waals surface area contributed by atoms with Crippen LogP contribution >= 0.6 is 0 Å². The molecular weight excluding hydrogens is 1680 g/mol. The van der Waals surface area contributed by atoms with E-state index in [9.17, 15) is 14.4 Å². The normalized spacial score (nSPS) is 12.5. The lowest BCUT2D eigenvalue weighted by Crippen LogP contribution is -2.53. The minimum atomic E-state index is -0.848. The number of aromatic nitrogens is 1. The number of carbonyl (C=O) groups excluding carboxylic acids is 12. The van der Waals surface area contributed by atoms with Gasteiger partial charge in [-0.1, -0.05) is 200 Å². The lowest BCUT2D eigenvalue weighted by molar-refractivity contribution is -0.151. The molecule has 0 radical (unpaired) electrons. The minimum absolute atomic E-state index is 0.00522. The molecule has 8 aromatic rings. The maximum Gasteiger partial charge on any atom is 0.243 e. The second-order valence-corrected chi connectivity index (χ2v) is 34.0. The van der Waals surface area contributed by atoms with Crippen molar-refractivity contribution in [3.05, 3.63) is 251 Å². The number of benzene rings is 7. The minimum Gasteiger partial charge on any atom is -0.368 e. The summed E-state index contributed by atoms with van der Waals surface area (Å²) >= 11 is 0. The Labute approximate surface area is 784 Å². The number of H-pyrrole nitrogens is 1. The Morgan fingerprint density at radius 2 is 0.489 bits per heavy atom. The topological polar surface area (TPSA) is 424 Å². The Bertz CT molecular complexity index is 4950. The quantitative estimate of drug-likeness (QED) is 0.0167. The van der Waals surface area contributed by atoms with Crippen LogP contribution in [0.25, 0.3) is 10.9 Å². The molecule has 31 heteroatoms. The number of carbonyl (C=O) groups is 12. The average Bonchev–Trinajstić information content (AvgIpc) is 1.70. The van der Waals surface area contributed by atoms with Gasteiger partial charge in [-0.05, 0) is 196 Å². The summed E-state index contributed by atoms with van der Waals surface area (Å²) in [5, 5.41) is 4.37. The number of hydrogen-bond acceptors (Lipinski definition) is 18. The van der Waals surface area contributed by atoms with Crippen molar-refractivity contribution in [1.29, 1.82) is 0 Å². The summed E-state index contributed by atoms with van der Waals surface area (Å²) in [4.78, 5) is 200. The van der Waals surface area contributed by atoms with Crippen LogP contribution in [0.2, 0.25) is 0 Å². The van der Waals surface area contributed by atoms with Crippen LogP contribution in [0.5, 0.6) is 0 Å². The number of amides is 12. The zero-order valence-electron chi connectivity index (χ0n) is 78.5. The molecule has 0 aliphatic heterocycles. The number of primary amides is 1. The van der Waals surface area contributed by atoms with Crippen molar-refractivity contribution in [3.63, 3.8) is 0 Å². The standard InChI is InChI=1S/C102H141N19O12/c1-76(82-37-13-7-14-38-82)116(65-91(108)122)97(128)68-114(61-35-30-55-106)95(126)71-117(77(2)83-39-15-8-16-40-83)99(130)69-113(60-34-29-54-105)93(124)66-112(59-33-28-53-104)94(125)72-118(78(3)84-41-17-9-18-42-84)102(133)75-121(81(6)87-47-23-12-24-48-87)100(131)70-115(62-36-31-56-107)96(127)73-119(79(4)85-43-19-10-20-44-85)101(132)74-120(80(5)86-45-21-11-22-46-86)98(129)67-111(58-32-27-52-103)92(123)64-109-57-51-88-63-110-90-50-26-25-49-89(88)90/h7-26,37-50,63,76-81,109-110H,27-36,51-62,64-75,103-107H2,1-6H3,(H2,108,122)/t76-,77-,78-,79-,80-,81-/m0/s1. The molecule has 8 rings (SSSR count). The molecule has 0 aliphatic carbocycles. The zero-order valence-corrected chi connectivity index (χ0v) is 78.5. The molecule has 0 unspecified atom stereocenters. The summed E-state index contributed by atoms with van der Waals surface area (Å²) in [6.45, 7) is 6.84. The molecule has 7 aromatic carbocycles. The Morgan fingerprint density at radius 3 is 0.752 bits per heavy atom. The van der Waals surface area contributed by atoms with E-state index in [4.69, 9.17) is 34.4 Å². The summed E-state index contributed by atoms with van der Waals surface area (Å²) < 4.78 is 0. The van der Waals surface area contributed by atoms with Crippen LogP contribution in [0.4, 0.5) is 0 Å². The van der Waals surface area contributed by atoms with Gasteiger partial charge in [-0.2, -0.15) is 0 Å². The average molecular weight is 1830 g/mol. The summed E-state index contributed by atoms with van der Waals surface area (Å²) in [5.41, 5.74) is 42.1. The molecule has 0 saturated carbocycles. The van der Waals surface area contributed by atoms with Gasteiger partial charge in [0, 0.05) is 49.8 Å². The van der Waals surface area contributed by atoms with Crippen LogP contribution in [-0.4, -0.2) is 280 Å². The van der Waals surface area contributed by atoms with Gasteiger partial charge in [-0.15, -0.1) is 0 Å². The molecule has 12 amide bonds. The summed E-state index contributed by atoms with van der Waals surface area (Å²) in [6, 6.07) is 57.8. The highest BCUT2D eigenvalue weighted by atomic mass is 16.2. The van der Waals surface area contributed by atoms with E-state index >= 15 is 43.2 Å². The second kappa shape index (κ2) is 56.4. The largest absolute Gasteiger partial charge is 0.368 e. The lowest BCUT2D eigenvalue weighted by Gasteiger charge is -2.37. The Hall–Kier alpha value is -12.5. The van der Waals surface area contributed by atoms with Crippen molar-refractivity contribution < 1.29 is 57.5 Å². The fourth-order valence-corrected chi connectivity index (χ4v) is 16.3. The SMILES string of the molecule is C[C@@H](c1ccccc1)N(CC(N)=O)C(=O)CN(CCCCN)C(=O)CN(C(=O)CN(CCCCN)C(=O)CN(CCCCN)C(=O)CN(C(=O)CN(C(=O)CN(CCCCN)C(=O)CN(C(=O)CN(C(=O)CN(CCCCN)C(=O)CNCCc1c[nH]c2ccccc12)[C@@H](C)c1ccccc1)[C@@H](C)c1ccccc1)[C@@H](C)c1ccccc1)[C@@H](C)c1ccccc1)[C@@H](C)c1ccccc1. The lowest BCUT2D eigenvalue weighted by atomic mass is 10.0. The third-order valence-electron chi connectivity index (χ3n) is 24.6. The molecule has 1 heterocycles. The molecule has 1 aromatic heterocycles. The third kappa shape index (κ3) is 33.0. The Balaban J connectivity index is 1.08. The Morgan fingerprint density at radius 1 is 0.271 bits per heavy atom. The number of aromatic amines is 1.